The lowest BCUT2D eigenvalue weighted by molar-refractivity contribution is -0.115. The number of carbonyl (C=O) groups excluding carboxylic acids is 1. The second-order valence-corrected chi connectivity index (χ2v) is 8.61. The van der Waals surface area contributed by atoms with Gasteiger partial charge in [0.2, 0.25) is 15.9 Å². The molecule has 2 heterocycles. The molecule has 0 aliphatic carbocycles. The average Bonchev–Trinajstić information content (AvgIpc) is 3.14. The van der Waals surface area contributed by atoms with E-state index in [1.165, 1.54) is 35.8 Å². The van der Waals surface area contributed by atoms with Gasteiger partial charge in [-0.3, -0.25) is 4.79 Å². The Balaban J connectivity index is 1.81. The molecule has 0 aliphatic heterocycles. The molecule has 0 saturated heterocycles. The van der Waals surface area contributed by atoms with Crippen LogP contribution in [0.5, 0.6) is 0 Å². The number of rotatable bonds is 5. The van der Waals surface area contributed by atoms with E-state index >= 15 is 0 Å². The number of nitrogens with one attached hydrogen (secondary N) is 2. The molecule has 1 aromatic carbocycles. The summed E-state index contributed by atoms with van der Waals surface area (Å²) in [5.74, 6) is -0.144. The third-order valence-electron chi connectivity index (χ3n) is 3.10. The summed E-state index contributed by atoms with van der Waals surface area (Å²) in [5, 5.41) is 5.13. The minimum Gasteiger partial charge on any atom is -0.302 e. The van der Waals surface area contributed by atoms with E-state index in [0.717, 1.165) is 4.88 Å². The van der Waals surface area contributed by atoms with Gasteiger partial charge in [-0.05, 0) is 36.7 Å². The summed E-state index contributed by atoms with van der Waals surface area (Å²) in [5.41, 5.74) is 0.650. The second-order valence-electron chi connectivity index (χ2n) is 4.66. The molecular formula is C14H13N3O3S3. The van der Waals surface area contributed by atoms with Crippen LogP contribution in [0.25, 0.3) is 10.2 Å². The number of hydrogen-bond donors (Lipinski definition) is 2. The van der Waals surface area contributed by atoms with Gasteiger partial charge in [-0.1, -0.05) is 17.4 Å². The maximum atomic E-state index is 12.0. The van der Waals surface area contributed by atoms with Crippen LogP contribution in [0.15, 0.2) is 40.6 Å². The first kappa shape index (κ1) is 16.1. The smallest absolute Gasteiger partial charge is 0.240 e. The first-order chi connectivity index (χ1) is 11.0. The van der Waals surface area contributed by atoms with E-state index in [1.54, 1.807) is 12.1 Å². The van der Waals surface area contributed by atoms with Crippen molar-refractivity contribution in [2.75, 3.05) is 12.4 Å². The number of aromatic nitrogens is 1. The van der Waals surface area contributed by atoms with Crippen LogP contribution in [0, 0.1) is 0 Å². The Hall–Kier alpha value is -1.81. The molecule has 0 aliphatic rings. The highest BCUT2D eigenvalue weighted by Gasteiger charge is 2.14. The van der Waals surface area contributed by atoms with Crippen molar-refractivity contribution in [1.29, 1.82) is 0 Å². The molecule has 2 N–H and O–H groups in total. The lowest BCUT2D eigenvalue weighted by Gasteiger charge is -2.00. The van der Waals surface area contributed by atoms with E-state index in [4.69, 9.17) is 0 Å². The largest absolute Gasteiger partial charge is 0.302 e. The van der Waals surface area contributed by atoms with Gasteiger partial charge in [-0.15, -0.1) is 11.3 Å². The van der Waals surface area contributed by atoms with Crippen molar-refractivity contribution in [2.24, 2.45) is 0 Å². The van der Waals surface area contributed by atoms with Gasteiger partial charge in [0.05, 0.1) is 21.5 Å². The molecular weight excluding hydrogens is 354 g/mol. The van der Waals surface area contributed by atoms with E-state index in [0.29, 0.717) is 21.8 Å². The Labute approximate surface area is 141 Å². The van der Waals surface area contributed by atoms with Crippen molar-refractivity contribution < 1.29 is 13.2 Å². The second kappa shape index (κ2) is 6.36. The molecule has 0 unspecified atom stereocenters. The summed E-state index contributed by atoms with van der Waals surface area (Å²) in [6, 6.07) is 8.47. The zero-order chi connectivity index (χ0) is 16.4. The van der Waals surface area contributed by atoms with Crippen LogP contribution in [0.1, 0.15) is 4.88 Å². The SMILES string of the molecule is CNS(=O)(=O)c1ccc2nc(NC(=O)Cc3cccs3)sc2c1. The summed E-state index contributed by atoms with van der Waals surface area (Å²) in [6.45, 7) is 0. The fourth-order valence-electron chi connectivity index (χ4n) is 1.98. The number of anilines is 1. The topological polar surface area (TPSA) is 88.2 Å². The number of sulfonamides is 1. The maximum absolute atomic E-state index is 12.0. The lowest BCUT2D eigenvalue weighted by atomic mass is 10.3. The minimum absolute atomic E-state index is 0.144. The van der Waals surface area contributed by atoms with E-state index in [1.807, 2.05) is 17.5 Å². The molecule has 1 amide bonds. The van der Waals surface area contributed by atoms with E-state index in [9.17, 15) is 13.2 Å². The predicted octanol–water partition coefficient (Wildman–Crippen LogP) is 2.45. The molecule has 0 saturated carbocycles. The Morgan fingerprint density at radius 3 is 2.83 bits per heavy atom. The molecule has 0 radical (unpaired) electrons. The molecule has 0 spiro atoms. The van der Waals surface area contributed by atoms with Crippen molar-refractivity contribution in [3.05, 3.63) is 40.6 Å². The van der Waals surface area contributed by atoms with Crippen LogP contribution in [0.4, 0.5) is 5.13 Å². The Morgan fingerprint density at radius 1 is 1.30 bits per heavy atom. The molecule has 0 bridgehead atoms. The molecule has 120 valence electrons. The summed E-state index contributed by atoms with van der Waals surface area (Å²) in [4.78, 5) is 17.4. The molecule has 6 nitrogen and oxygen atoms in total. The number of amides is 1. The molecule has 2 aromatic heterocycles. The van der Waals surface area contributed by atoms with Crippen LogP contribution in [0.2, 0.25) is 0 Å². The maximum Gasteiger partial charge on any atom is 0.240 e. The van der Waals surface area contributed by atoms with Crippen molar-refractivity contribution >= 4 is 54.0 Å². The Morgan fingerprint density at radius 2 is 2.13 bits per heavy atom. The fourth-order valence-corrected chi connectivity index (χ4v) is 4.43. The Bertz CT molecular complexity index is 946. The molecule has 3 rings (SSSR count). The number of hydrogen-bond acceptors (Lipinski definition) is 6. The first-order valence-electron chi connectivity index (χ1n) is 6.64. The van der Waals surface area contributed by atoms with Gasteiger partial charge >= 0.3 is 0 Å². The number of nitrogens with zero attached hydrogens (tertiary/aromatic N) is 1. The third kappa shape index (κ3) is 3.58. The number of thiazole rings is 1. The lowest BCUT2D eigenvalue weighted by Crippen LogP contribution is -2.18. The van der Waals surface area contributed by atoms with Crippen molar-refractivity contribution in [3.63, 3.8) is 0 Å². The summed E-state index contributed by atoms with van der Waals surface area (Å²) < 4.78 is 26.6. The highest BCUT2D eigenvalue weighted by molar-refractivity contribution is 7.89. The average molecular weight is 367 g/mol. The van der Waals surface area contributed by atoms with Crippen molar-refractivity contribution in [3.8, 4) is 0 Å². The van der Waals surface area contributed by atoms with E-state index in [-0.39, 0.29) is 10.8 Å². The van der Waals surface area contributed by atoms with Gasteiger partial charge in [0.15, 0.2) is 5.13 Å². The van der Waals surface area contributed by atoms with E-state index < -0.39 is 10.0 Å². The zero-order valence-electron chi connectivity index (χ0n) is 12.1. The minimum atomic E-state index is -3.49. The van der Waals surface area contributed by atoms with Gasteiger partial charge in [0.1, 0.15) is 0 Å². The molecule has 3 aromatic rings. The van der Waals surface area contributed by atoms with Crippen LogP contribution >= 0.6 is 22.7 Å². The number of thiophene rings is 1. The van der Waals surface area contributed by atoms with Crippen LogP contribution in [-0.2, 0) is 21.2 Å². The first-order valence-corrected chi connectivity index (χ1v) is 9.82. The Kier molecular flexibility index (Phi) is 4.44. The number of carbonyl (C=O) groups is 1. The quantitative estimate of drug-likeness (QED) is 0.725. The van der Waals surface area contributed by atoms with Gasteiger partial charge in [-0.25, -0.2) is 18.1 Å². The van der Waals surface area contributed by atoms with Crippen molar-refractivity contribution in [2.45, 2.75) is 11.3 Å². The summed E-state index contributed by atoms with van der Waals surface area (Å²) >= 11 is 2.77. The summed E-state index contributed by atoms with van der Waals surface area (Å²) in [6.07, 6.45) is 0.299. The van der Waals surface area contributed by atoms with E-state index in [2.05, 4.69) is 15.0 Å². The van der Waals surface area contributed by atoms with Crippen LogP contribution in [0.3, 0.4) is 0 Å². The van der Waals surface area contributed by atoms with Gasteiger partial charge in [0.25, 0.3) is 0 Å². The zero-order valence-corrected chi connectivity index (χ0v) is 14.5. The van der Waals surface area contributed by atoms with Crippen LogP contribution in [-0.4, -0.2) is 26.4 Å². The molecule has 9 heteroatoms. The molecule has 23 heavy (non-hydrogen) atoms. The van der Waals surface area contributed by atoms with Gasteiger partial charge in [-0.2, -0.15) is 0 Å². The molecule has 0 fully saturated rings. The number of benzene rings is 1. The summed E-state index contributed by atoms with van der Waals surface area (Å²) in [7, 11) is -2.13. The fraction of sp³-hybridized carbons (Fsp3) is 0.143. The monoisotopic (exact) mass is 367 g/mol. The normalized spacial score (nSPS) is 11.7. The standard InChI is InChI=1S/C14H13N3O3S3/c1-15-23(19,20)10-4-5-11-12(8-10)22-14(16-11)17-13(18)7-9-3-2-6-21-9/h2-6,8,15H,7H2,1H3,(H,16,17,18). The van der Waals surface area contributed by atoms with Gasteiger partial charge < -0.3 is 5.32 Å². The molecule has 0 atom stereocenters. The third-order valence-corrected chi connectivity index (χ3v) is 6.32. The van der Waals surface area contributed by atoms with Crippen LogP contribution < -0.4 is 10.0 Å². The van der Waals surface area contributed by atoms with Gasteiger partial charge in [0, 0.05) is 4.88 Å². The van der Waals surface area contributed by atoms with Crippen molar-refractivity contribution in [1.82, 2.24) is 9.71 Å². The predicted molar refractivity (Wildman–Crippen MR) is 92.5 cm³/mol. The number of fused-ring (bicyclic) bond motifs is 1. The highest BCUT2D eigenvalue weighted by atomic mass is 32.2. The highest BCUT2D eigenvalue weighted by Crippen LogP contribution is 2.28.